The Morgan fingerprint density at radius 3 is 1.39 bits per heavy atom. The third-order valence-electron chi connectivity index (χ3n) is 9.32. The van der Waals surface area contributed by atoms with Gasteiger partial charge in [-0.3, -0.25) is 9.69 Å². The minimum absolute atomic E-state index is 0.0298. The van der Waals surface area contributed by atoms with Gasteiger partial charge in [-0.1, -0.05) is 133 Å². The fraction of sp³-hybridized carbons (Fsp3) is 0.791. The number of nitrogens with zero attached hydrogens (tertiary/aromatic N) is 1. The molecule has 0 N–H and O–H groups in total. The summed E-state index contributed by atoms with van der Waals surface area (Å²) in [5.74, 6) is 0.0298. The quantitative estimate of drug-likeness (QED) is 0.0304. The summed E-state index contributed by atoms with van der Waals surface area (Å²) in [7, 11) is 0. The molecule has 0 spiro atoms. The molecule has 46 heavy (non-hydrogen) atoms. The van der Waals surface area contributed by atoms with Crippen molar-refractivity contribution in [1.29, 1.82) is 0 Å². The third-order valence-corrected chi connectivity index (χ3v) is 9.32. The third kappa shape index (κ3) is 29.8. The molecule has 1 heterocycles. The molecule has 3 atom stereocenters. The molecular weight excluding hydrogens is 562 g/mol. The van der Waals surface area contributed by atoms with Crippen LogP contribution in [0.5, 0.6) is 0 Å². The summed E-state index contributed by atoms with van der Waals surface area (Å²) in [5, 5.41) is 0. The highest BCUT2D eigenvalue weighted by atomic mass is 16.5. The smallest absolute Gasteiger partial charge is 0.306 e. The molecule has 3 heteroatoms. The van der Waals surface area contributed by atoms with Crippen molar-refractivity contribution in [2.45, 2.75) is 206 Å². The van der Waals surface area contributed by atoms with Crippen molar-refractivity contribution in [1.82, 2.24) is 4.90 Å². The lowest BCUT2D eigenvalue weighted by Crippen LogP contribution is -2.19. The van der Waals surface area contributed by atoms with E-state index in [0.29, 0.717) is 12.5 Å². The SMILES string of the molecule is CCCCC/C=C\C/C=C\CCCCCCCCC(CCCCCCC/C=C/C/C=C\CCCCC)OC(=O)CCCN1CC1C. The number of ether oxygens (including phenoxy) is 1. The molecule has 1 aliphatic rings. The zero-order chi connectivity index (χ0) is 33.2. The van der Waals surface area contributed by atoms with Gasteiger partial charge in [0.15, 0.2) is 0 Å². The van der Waals surface area contributed by atoms with E-state index in [0.717, 1.165) is 38.6 Å². The summed E-state index contributed by atoms with van der Waals surface area (Å²) in [6.07, 6.45) is 51.5. The summed E-state index contributed by atoms with van der Waals surface area (Å²) < 4.78 is 6.04. The van der Waals surface area contributed by atoms with E-state index in [2.05, 4.69) is 74.3 Å². The normalized spacial score (nSPS) is 17.3. The number of carbonyl (C=O) groups excluding carboxylic acids is 1. The highest BCUT2D eigenvalue weighted by Gasteiger charge is 2.28. The van der Waals surface area contributed by atoms with Crippen molar-refractivity contribution >= 4 is 5.97 Å². The van der Waals surface area contributed by atoms with Crippen molar-refractivity contribution < 1.29 is 9.53 Å². The van der Waals surface area contributed by atoms with E-state index in [1.165, 1.54) is 141 Å². The number of hydrogen-bond acceptors (Lipinski definition) is 3. The Balaban J connectivity index is 2.13. The molecule has 0 saturated carbocycles. The summed E-state index contributed by atoms with van der Waals surface area (Å²) in [5.41, 5.74) is 0. The maximum Gasteiger partial charge on any atom is 0.306 e. The van der Waals surface area contributed by atoms with Crippen LogP contribution in [0.4, 0.5) is 0 Å². The second-order valence-corrected chi connectivity index (χ2v) is 14.0. The Kier molecular flexibility index (Phi) is 30.7. The van der Waals surface area contributed by atoms with E-state index in [1.807, 2.05) is 0 Å². The molecule has 0 aromatic carbocycles. The molecule has 1 rings (SSSR count). The second-order valence-electron chi connectivity index (χ2n) is 14.0. The topological polar surface area (TPSA) is 29.3 Å². The van der Waals surface area contributed by atoms with Crippen molar-refractivity contribution in [3.63, 3.8) is 0 Å². The van der Waals surface area contributed by atoms with Gasteiger partial charge in [-0.2, -0.15) is 0 Å². The van der Waals surface area contributed by atoms with Crippen LogP contribution in [0.25, 0.3) is 0 Å². The van der Waals surface area contributed by atoms with Gasteiger partial charge < -0.3 is 4.74 Å². The Bertz CT molecular complexity index is 782. The van der Waals surface area contributed by atoms with Crippen molar-refractivity contribution in [3.05, 3.63) is 48.6 Å². The van der Waals surface area contributed by atoms with Crippen molar-refractivity contribution in [3.8, 4) is 0 Å². The highest BCUT2D eigenvalue weighted by Crippen LogP contribution is 2.20. The molecule has 266 valence electrons. The number of hydrogen-bond donors (Lipinski definition) is 0. The molecule has 0 radical (unpaired) electrons. The molecule has 3 nitrogen and oxygen atoms in total. The van der Waals surface area contributed by atoms with E-state index >= 15 is 0 Å². The molecule has 3 unspecified atom stereocenters. The van der Waals surface area contributed by atoms with Crippen LogP contribution < -0.4 is 0 Å². The Hall–Kier alpha value is -1.61. The maximum absolute atomic E-state index is 12.6. The summed E-state index contributed by atoms with van der Waals surface area (Å²) >= 11 is 0. The molecule has 0 bridgehead atoms. The summed E-state index contributed by atoms with van der Waals surface area (Å²) in [4.78, 5) is 15.0. The Morgan fingerprint density at radius 1 is 0.587 bits per heavy atom. The molecule has 1 saturated heterocycles. The maximum atomic E-state index is 12.6. The van der Waals surface area contributed by atoms with Gasteiger partial charge in [0.2, 0.25) is 0 Å². The van der Waals surface area contributed by atoms with Gasteiger partial charge in [-0.15, -0.1) is 0 Å². The first-order valence-corrected chi connectivity index (χ1v) is 20.2. The van der Waals surface area contributed by atoms with E-state index in [9.17, 15) is 4.79 Å². The average Bonchev–Trinajstić information content (AvgIpc) is 3.76. The lowest BCUT2D eigenvalue weighted by Gasteiger charge is -2.18. The van der Waals surface area contributed by atoms with Crippen molar-refractivity contribution in [2.24, 2.45) is 0 Å². The van der Waals surface area contributed by atoms with Gasteiger partial charge in [0.1, 0.15) is 6.10 Å². The van der Waals surface area contributed by atoms with E-state index < -0.39 is 0 Å². The molecule has 1 fully saturated rings. The predicted molar refractivity (Wildman–Crippen MR) is 203 cm³/mol. The number of carbonyl (C=O) groups is 1. The molecule has 1 aliphatic heterocycles. The van der Waals surface area contributed by atoms with E-state index in [1.54, 1.807) is 0 Å². The fourth-order valence-electron chi connectivity index (χ4n) is 6.08. The Labute approximate surface area is 287 Å². The first kappa shape index (κ1) is 42.4. The zero-order valence-electron chi connectivity index (χ0n) is 31.0. The van der Waals surface area contributed by atoms with E-state index in [-0.39, 0.29) is 12.1 Å². The summed E-state index contributed by atoms with van der Waals surface area (Å²) in [6.45, 7) is 9.01. The largest absolute Gasteiger partial charge is 0.462 e. The highest BCUT2D eigenvalue weighted by molar-refractivity contribution is 5.69. The predicted octanol–water partition coefficient (Wildman–Crippen LogP) is 13.4. The van der Waals surface area contributed by atoms with Crippen LogP contribution >= 0.6 is 0 Å². The van der Waals surface area contributed by atoms with Crippen LogP contribution in [0.15, 0.2) is 48.6 Å². The van der Waals surface area contributed by atoms with Crippen LogP contribution in [0.2, 0.25) is 0 Å². The number of rotatable bonds is 34. The van der Waals surface area contributed by atoms with Crippen LogP contribution in [-0.4, -0.2) is 36.1 Å². The fourth-order valence-corrected chi connectivity index (χ4v) is 6.08. The number of unbranched alkanes of at least 4 members (excludes halogenated alkanes) is 17. The number of esters is 1. The second kappa shape index (κ2) is 33.3. The lowest BCUT2D eigenvalue weighted by molar-refractivity contribution is -0.150. The minimum atomic E-state index is 0.0298. The van der Waals surface area contributed by atoms with Crippen LogP contribution in [0.1, 0.15) is 194 Å². The van der Waals surface area contributed by atoms with Crippen LogP contribution in [0.3, 0.4) is 0 Å². The standard InChI is InChI=1S/C43H77NO2/c1-4-6-8-10-12-14-16-18-20-22-24-26-28-30-32-34-37-42(46-43(45)38-35-39-44-40-41(44)3)36-33-31-29-27-25-23-21-19-17-15-13-11-9-7-5-2/h12-15,18-21,41-42H,4-11,16-17,22-40H2,1-3H3/b14-12-,15-13-,20-18-,21-19+. The van der Waals surface area contributed by atoms with Gasteiger partial charge in [0, 0.05) is 19.0 Å². The van der Waals surface area contributed by atoms with E-state index in [4.69, 9.17) is 4.74 Å². The minimum Gasteiger partial charge on any atom is -0.462 e. The van der Waals surface area contributed by atoms with Gasteiger partial charge >= 0.3 is 5.97 Å². The molecule has 0 amide bonds. The number of allylic oxidation sites excluding steroid dienone is 8. The van der Waals surface area contributed by atoms with Crippen LogP contribution in [-0.2, 0) is 9.53 Å². The summed E-state index contributed by atoms with van der Waals surface area (Å²) in [6, 6.07) is 0.714. The van der Waals surface area contributed by atoms with Crippen LogP contribution in [0, 0.1) is 0 Å². The van der Waals surface area contributed by atoms with Gasteiger partial charge in [0.25, 0.3) is 0 Å². The monoisotopic (exact) mass is 640 g/mol. The van der Waals surface area contributed by atoms with Crippen molar-refractivity contribution in [2.75, 3.05) is 13.1 Å². The zero-order valence-corrected chi connectivity index (χ0v) is 31.0. The van der Waals surface area contributed by atoms with Gasteiger partial charge in [-0.05, 0) is 110 Å². The molecule has 0 aliphatic carbocycles. The Morgan fingerprint density at radius 2 is 0.978 bits per heavy atom. The van der Waals surface area contributed by atoms with Gasteiger partial charge in [-0.25, -0.2) is 0 Å². The first-order valence-electron chi connectivity index (χ1n) is 20.2. The average molecular weight is 640 g/mol. The molecule has 0 aromatic heterocycles. The molecule has 0 aromatic rings. The van der Waals surface area contributed by atoms with Gasteiger partial charge in [0.05, 0.1) is 0 Å². The lowest BCUT2D eigenvalue weighted by atomic mass is 10.0. The molecular formula is C43H77NO2. The first-order chi connectivity index (χ1) is 22.7.